The number of halogens is 4. The summed E-state index contributed by atoms with van der Waals surface area (Å²) in [6.45, 7) is 0.134. The van der Waals surface area contributed by atoms with Gasteiger partial charge in [0.2, 0.25) is 0 Å². The minimum absolute atomic E-state index is 0.0954. The third kappa shape index (κ3) is 2.31. The van der Waals surface area contributed by atoms with Crippen molar-refractivity contribution in [3.63, 3.8) is 0 Å². The van der Waals surface area contributed by atoms with Gasteiger partial charge in [0.1, 0.15) is 15.1 Å². The van der Waals surface area contributed by atoms with Gasteiger partial charge in [0.15, 0.2) is 6.10 Å². The second kappa shape index (κ2) is 4.66. The molecule has 3 rings (SSSR count). The molecule has 1 aromatic heterocycles. The number of hydrogen-bond donors (Lipinski definition) is 1. The lowest BCUT2D eigenvalue weighted by molar-refractivity contribution is -0.245. The van der Waals surface area contributed by atoms with Crippen molar-refractivity contribution in [1.82, 2.24) is 10.5 Å². The summed E-state index contributed by atoms with van der Waals surface area (Å²) in [5.41, 5.74) is 2.04. The van der Waals surface area contributed by atoms with E-state index >= 15 is 0 Å². The van der Waals surface area contributed by atoms with Crippen molar-refractivity contribution in [2.24, 2.45) is 5.92 Å². The van der Waals surface area contributed by atoms with Crippen LogP contribution < -0.4 is 5.48 Å². The molecule has 0 bridgehead atoms. The van der Waals surface area contributed by atoms with Crippen LogP contribution >= 0.6 is 27.3 Å². The molecule has 0 spiro atoms. The highest BCUT2D eigenvalue weighted by Crippen LogP contribution is 2.45. The number of alkyl halides is 3. The molecule has 106 valence electrons. The van der Waals surface area contributed by atoms with E-state index in [1.807, 2.05) is 0 Å². The molecule has 19 heavy (non-hydrogen) atoms. The van der Waals surface area contributed by atoms with Crippen LogP contribution in [0.25, 0.3) is 0 Å². The molecule has 2 saturated heterocycles. The summed E-state index contributed by atoms with van der Waals surface area (Å²) in [5.74, 6) is -0.300. The summed E-state index contributed by atoms with van der Waals surface area (Å²) in [5, 5.41) is 2.47. The zero-order valence-corrected chi connectivity index (χ0v) is 11.9. The topological polar surface area (TPSA) is 43.4 Å². The molecule has 0 amide bonds. The van der Waals surface area contributed by atoms with Crippen LogP contribution in [0.4, 0.5) is 13.2 Å². The molecule has 0 radical (unpaired) electrons. The SMILES string of the molecule is FC(F)(F)[C@H]1C[C@H]2CON[C@@]2(c2nc(Br)cs2)CO1. The molecular weight excluding hydrogens is 349 g/mol. The first-order chi connectivity index (χ1) is 8.92. The zero-order valence-electron chi connectivity index (χ0n) is 9.54. The van der Waals surface area contributed by atoms with E-state index in [-0.39, 0.29) is 25.6 Å². The Morgan fingerprint density at radius 3 is 2.95 bits per heavy atom. The van der Waals surface area contributed by atoms with Crippen molar-refractivity contribution in [2.45, 2.75) is 24.2 Å². The number of hydrogen-bond acceptors (Lipinski definition) is 5. The Balaban J connectivity index is 1.87. The molecule has 0 unspecified atom stereocenters. The Kier molecular flexibility index (Phi) is 3.37. The van der Waals surface area contributed by atoms with E-state index in [0.29, 0.717) is 9.61 Å². The molecule has 2 fully saturated rings. The van der Waals surface area contributed by atoms with Gasteiger partial charge in [0, 0.05) is 11.3 Å². The minimum Gasteiger partial charge on any atom is -0.366 e. The largest absolute Gasteiger partial charge is 0.414 e. The number of rotatable bonds is 1. The summed E-state index contributed by atoms with van der Waals surface area (Å²) >= 11 is 4.62. The molecule has 2 aliphatic heterocycles. The monoisotopic (exact) mass is 358 g/mol. The number of aromatic nitrogens is 1. The van der Waals surface area contributed by atoms with Gasteiger partial charge in [0.05, 0.1) is 13.2 Å². The number of nitrogens with zero attached hydrogens (tertiary/aromatic N) is 1. The van der Waals surface area contributed by atoms with E-state index in [1.54, 1.807) is 5.38 Å². The van der Waals surface area contributed by atoms with E-state index in [4.69, 9.17) is 9.57 Å². The standard InChI is InChI=1S/C10H10BrF3N2O2S/c11-7-3-19-8(15-7)9-4-17-6(10(12,13)14)1-5(9)2-18-16-9/h3,5-6,16H,1-2,4H2/t5-,6+,9-/m0/s1. The second-order valence-electron chi connectivity index (χ2n) is 4.63. The number of fused-ring (bicyclic) bond motifs is 1. The highest BCUT2D eigenvalue weighted by atomic mass is 79.9. The van der Waals surface area contributed by atoms with Gasteiger partial charge >= 0.3 is 6.18 Å². The van der Waals surface area contributed by atoms with Gasteiger partial charge in [-0.2, -0.15) is 18.7 Å². The summed E-state index contributed by atoms with van der Waals surface area (Å²) in [7, 11) is 0. The predicted molar refractivity (Wildman–Crippen MR) is 64.5 cm³/mol. The maximum atomic E-state index is 12.7. The van der Waals surface area contributed by atoms with Gasteiger partial charge in [-0.3, -0.25) is 0 Å². The third-order valence-corrected chi connectivity index (χ3v) is 5.20. The first-order valence-corrected chi connectivity index (χ1v) is 7.28. The van der Waals surface area contributed by atoms with Crippen LogP contribution in [0.15, 0.2) is 9.98 Å². The molecular formula is C10H10BrF3N2O2S. The average Bonchev–Trinajstić information content (AvgIpc) is 2.93. The Bertz CT molecular complexity index is 484. The number of hydroxylamine groups is 1. The van der Waals surface area contributed by atoms with Gasteiger partial charge in [0.25, 0.3) is 0 Å². The lowest BCUT2D eigenvalue weighted by Crippen LogP contribution is -2.54. The summed E-state index contributed by atoms with van der Waals surface area (Å²) < 4.78 is 43.8. The maximum absolute atomic E-state index is 12.7. The highest BCUT2D eigenvalue weighted by Gasteiger charge is 2.56. The summed E-state index contributed by atoms with van der Waals surface area (Å²) in [6.07, 6.45) is -6.18. The number of nitrogens with one attached hydrogen (secondary N) is 1. The average molecular weight is 359 g/mol. The quantitative estimate of drug-likeness (QED) is 0.837. The third-order valence-electron chi connectivity index (χ3n) is 3.47. The lowest BCUT2D eigenvalue weighted by Gasteiger charge is -2.39. The van der Waals surface area contributed by atoms with Crippen LogP contribution in [0.2, 0.25) is 0 Å². The molecule has 4 nitrogen and oxygen atoms in total. The molecule has 3 heterocycles. The highest BCUT2D eigenvalue weighted by molar-refractivity contribution is 9.10. The molecule has 9 heteroatoms. The first kappa shape index (κ1) is 13.7. The van der Waals surface area contributed by atoms with Crippen molar-refractivity contribution in [2.75, 3.05) is 13.2 Å². The summed E-state index contributed by atoms with van der Waals surface area (Å²) in [6, 6.07) is 0. The Morgan fingerprint density at radius 1 is 1.53 bits per heavy atom. The van der Waals surface area contributed by atoms with Crippen molar-refractivity contribution in [3.8, 4) is 0 Å². The van der Waals surface area contributed by atoms with E-state index in [2.05, 4.69) is 26.4 Å². The minimum atomic E-state index is -4.34. The van der Waals surface area contributed by atoms with E-state index in [1.165, 1.54) is 11.3 Å². The normalized spacial score (nSPS) is 35.4. The Labute approximate surface area is 119 Å². The molecule has 1 aromatic rings. The van der Waals surface area contributed by atoms with Gasteiger partial charge in [-0.25, -0.2) is 4.98 Å². The van der Waals surface area contributed by atoms with Crippen molar-refractivity contribution < 1.29 is 22.7 Å². The Hall–Kier alpha value is -0.220. The van der Waals surface area contributed by atoms with Crippen LogP contribution in [0.1, 0.15) is 11.4 Å². The summed E-state index contributed by atoms with van der Waals surface area (Å²) in [4.78, 5) is 9.46. The van der Waals surface area contributed by atoms with Crippen LogP contribution in [-0.2, 0) is 15.1 Å². The van der Waals surface area contributed by atoms with E-state index in [0.717, 1.165) is 0 Å². The van der Waals surface area contributed by atoms with Gasteiger partial charge < -0.3 is 9.57 Å². The second-order valence-corrected chi connectivity index (χ2v) is 6.30. The van der Waals surface area contributed by atoms with Crippen molar-refractivity contribution in [3.05, 3.63) is 15.0 Å². The van der Waals surface area contributed by atoms with Crippen LogP contribution in [-0.4, -0.2) is 30.5 Å². The van der Waals surface area contributed by atoms with E-state index in [9.17, 15) is 13.2 Å². The molecule has 0 aromatic carbocycles. The molecule has 0 aliphatic carbocycles. The molecule has 1 N–H and O–H groups in total. The van der Waals surface area contributed by atoms with Crippen LogP contribution in [0.3, 0.4) is 0 Å². The fourth-order valence-corrected chi connectivity index (χ4v) is 3.90. The molecule has 2 aliphatic rings. The van der Waals surface area contributed by atoms with E-state index < -0.39 is 17.8 Å². The fourth-order valence-electron chi connectivity index (χ4n) is 2.44. The van der Waals surface area contributed by atoms with Gasteiger partial charge in [-0.1, -0.05) is 0 Å². The molecule has 0 saturated carbocycles. The van der Waals surface area contributed by atoms with Crippen molar-refractivity contribution in [1.29, 1.82) is 0 Å². The van der Waals surface area contributed by atoms with Crippen molar-refractivity contribution >= 4 is 27.3 Å². The smallest absolute Gasteiger partial charge is 0.366 e. The number of ether oxygens (including phenoxy) is 1. The first-order valence-electron chi connectivity index (χ1n) is 5.60. The van der Waals surface area contributed by atoms with Crippen LogP contribution in [0, 0.1) is 5.92 Å². The number of thiazole rings is 1. The fraction of sp³-hybridized carbons (Fsp3) is 0.700. The lowest BCUT2D eigenvalue weighted by atomic mass is 9.81. The van der Waals surface area contributed by atoms with Gasteiger partial charge in [-0.05, 0) is 22.4 Å². The molecule has 3 atom stereocenters. The van der Waals surface area contributed by atoms with Gasteiger partial charge in [-0.15, -0.1) is 11.3 Å². The maximum Gasteiger partial charge on any atom is 0.414 e. The Morgan fingerprint density at radius 2 is 2.32 bits per heavy atom. The van der Waals surface area contributed by atoms with Crippen LogP contribution in [0.5, 0.6) is 0 Å². The zero-order chi connectivity index (χ0) is 13.7. The predicted octanol–water partition coefficient (Wildman–Crippen LogP) is 2.60.